The summed E-state index contributed by atoms with van der Waals surface area (Å²) in [6.45, 7) is 3.74. The summed E-state index contributed by atoms with van der Waals surface area (Å²) in [5, 5.41) is 3.19. The van der Waals surface area contributed by atoms with Crippen molar-refractivity contribution >= 4 is 5.96 Å². The average Bonchev–Trinajstić information content (AvgIpc) is 2.55. The molecule has 0 saturated heterocycles. The predicted octanol–water partition coefficient (Wildman–Crippen LogP) is 2.78. The van der Waals surface area contributed by atoms with E-state index in [0.29, 0.717) is 12.5 Å². The fourth-order valence-corrected chi connectivity index (χ4v) is 2.40. The summed E-state index contributed by atoms with van der Waals surface area (Å²) in [4.78, 5) is 6.65. The van der Waals surface area contributed by atoms with Crippen molar-refractivity contribution in [3.8, 4) is 5.75 Å². The molecule has 0 aliphatic carbocycles. The van der Waals surface area contributed by atoms with Crippen LogP contribution in [-0.2, 0) is 0 Å². The Morgan fingerprint density at radius 2 is 1.91 bits per heavy atom. The lowest BCUT2D eigenvalue weighted by atomic mass is 10.1. The number of methoxy groups -OCH3 is 1. The van der Waals surface area contributed by atoms with E-state index in [-0.39, 0.29) is 6.04 Å². The van der Waals surface area contributed by atoms with Crippen LogP contribution < -0.4 is 15.8 Å². The third-order valence-corrected chi connectivity index (χ3v) is 3.89. The van der Waals surface area contributed by atoms with Crippen LogP contribution in [0, 0.1) is 0 Å². The number of benzene rings is 1. The Bertz CT molecular complexity index is 457. The number of ether oxygens (including phenoxy) is 1. The summed E-state index contributed by atoms with van der Waals surface area (Å²) in [6.07, 6.45) is 4.90. The van der Waals surface area contributed by atoms with E-state index in [9.17, 15) is 0 Å². The van der Waals surface area contributed by atoms with Gasteiger partial charge in [0.1, 0.15) is 5.75 Å². The van der Waals surface area contributed by atoms with Crippen LogP contribution in [0.5, 0.6) is 5.75 Å². The Morgan fingerprint density at radius 3 is 2.48 bits per heavy atom. The Morgan fingerprint density at radius 1 is 1.22 bits per heavy atom. The van der Waals surface area contributed by atoms with E-state index in [1.807, 2.05) is 12.1 Å². The van der Waals surface area contributed by atoms with Crippen molar-refractivity contribution in [1.29, 1.82) is 0 Å². The standard InChI is InChI=1S/C18H32N4O/c1-5-6-7-8-13-20-18(19)21-14-17(22(2)3)15-9-11-16(23-4)12-10-15/h9-12,17H,5-8,13-14H2,1-4H3,(H3,19,20,21). The lowest BCUT2D eigenvalue weighted by molar-refractivity contribution is 0.306. The van der Waals surface area contributed by atoms with Gasteiger partial charge in [0, 0.05) is 6.54 Å². The number of aliphatic imine (C=N–C) groups is 1. The number of rotatable bonds is 10. The van der Waals surface area contributed by atoms with E-state index in [2.05, 4.69) is 48.4 Å². The van der Waals surface area contributed by atoms with E-state index in [1.54, 1.807) is 7.11 Å². The van der Waals surface area contributed by atoms with Crippen molar-refractivity contribution in [3.63, 3.8) is 0 Å². The highest BCUT2D eigenvalue weighted by molar-refractivity contribution is 5.77. The first kappa shape index (κ1) is 19.3. The van der Waals surface area contributed by atoms with E-state index < -0.39 is 0 Å². The van der Waals surface area contributed by atoms with Crippen LogP contribution >= 0.6 is 0 Å². The summed E-state index contributed by atoms with van der Waals surface area (Å²) in [7, 11) is 5.78. The Kier molecular flexibility index (Phi) is 9.14. The molecule has 5 nitrogen and oxygen atoms in total. The van der Waals surface area contributed by atoms with E-state index in [1.165, 1.54) is 24.8 Å². The van der Waals surface area contributed by atoms with Gasteiger partial charge in [-0.1, -0.05) is 38.3 Å². The fraction of sp³-hybridized carbons (Fsp3) is 0.611. The molecule has 1 aromatic rings. The molecule has 0 saturated carbocycles. The number of guanidine groups is 1. The van der Waals surface area contributed by atoms with Crippen LogP contribution in [0.2, 0.25) is 0 Å². The molecule has 5 heteroatoms. The minimum atomic E-state index is 0.196. The molecule has 0 spiro atoms. The van der Waals surface area contributed by atoms with E-state index >= 15 is 0 Å². The van der Waals surface area contributed by atoms with Gasteiger partial charge < -0.3 is 20.7 Å². The normalized spacial score (nSPS) is 13.2. The number of nitrogens with one attached hydrogen (secondary N) is 1. The monoisotopic (exact) mass is 320 g/mol. The van der Waals surface area contributed by atoms with Crippen molar-refractivity contribution in [2.24, 2.45) is 10.7 Å². The van der Waals surface area contributed by atoms with Crippen molar-refractivity contribution in [1.82, 2.24) is 10.2 Å². The Hall–Kier alpha value is -1.75. The Balaban J connectivity index is 2.53. The Labute approximate surface area is 140 Å². The van der Waals surface area contributed by atoms with Crippen LogP contribution in [-0.4, -0.2) is 45.2 Å². The second-order valence-corrected chi connectivity index (χ2v) is 5.97. The number of unbranched alkanes of at least 4 members (excludes halogenated alkanes) is 3. The highest BCUT2D eigenvalue weighted by Crippen LogP contribution is 2.21. The maximum Gasteiger partial charge on any atom is 0.188 e. The largest absolute Gasteiger partial charge is 0.497 e. The fourth-order valence-electron chi connectivity index (χ4n) is 2.40. The lowest BCUT2D eigenvalue weighted by Gasteiger charge is -2.23. The van der Waals surface area contributed by atoms with Crippen LogP contribution in [0.15, 0.2) is 29.3 Å². The molecular formula is C18H32N4O. The third-order valence-electron chi connectivity index (χ3n) is 3.89. The van der Waals surface area contributed by atoms with Crippen molar-refractivity contribution in [2.45, 2.75) is 38.6 Å². The second-order valence-electron chi connectivity index (χ2n) is 5.97. The molecule has 130 valence electrons. The number of likely N-dealkylation sites (N-methyl/N-ethyl adjacent to an activating group) is 1. The van der Waals surface area contributed by atoms with Gasteiger partial charge in [0.15, 0.2) is 5.96 Å². The van der Waals surface area contributed by atoms with Gasteiger partial charge >= 0.3 is 0 Å². The predicted molar refractivity (Wildman–Crippen MR) is 98.1 cm³/mol. The number of hydrogen-bond acceptors (Lipinski definition) is 3. The molecule has 0 aliphatic heterocycles. The van der Waals surface area contributed by atoms with Crippen molar-refractivity contribution < 1.29 is 4.74 Å². The zero-order chi connectivity index (χ0) is 17.1. The van der Waals surface area contributed by atoms with Crippen LogP contribution in [0.4, 0.5) is 0 Å². The van der Waals surface area contributed by atoms with Gasteiger partial charge in [-0.05, 0) is 38.2 Å². The van der Waals surface area contributed by atoms with Gasteiger partial charge in [0.2, 0.25) is 0 Å². The quantitative estimate of drug-likeness (QED) is 0.395. The highest BCUT2D eigenvalue weighted by Gasteiger charge is 2.13. The molecule has 0 aromatic heterocycles. The molecule has 0 heterocycles. The van der Waals surface area contributed by atoms with Crippen molar-refractivity contribution in [2.75, 3.05) is 34.3 Å². The molecule has 0 fully saturated rings. The van der Waals surface area contributed by atoms with Gasteiger partial charge in [0.05, 0.1) is 19.7 Å². The molecule has 0 amide bonds. The molecule has 1 atom stereocenters. The van der Waals surface area contributed by atoms with Gasteiger partial charge in [0.25, 0.3) is 0 Å². The number of nitrogens with two attached hydrogens (primary N) is 1. The molecule has 0 radical (unpaired) electrons. The second kappa shape index (κ2) is 10.9. The van der Waals surface area contributed by atoms with E-state index in [4.69, 9.17) is 10.5 Å². The summed E-state index contributed by atoms with van der Waals surface area (Å²) < 4.78 is 5.21. The molecule has 0 aliphatic rings. The van der Waals surface area contributed by atoms with Gasteiger partial charge in [-0.25, -0.2) is 0 Å². The average molecular weight is 320 g/mol. The summed E-state index contributed by atoms with van der Waals surface area (Å²) in [5.74, 6) is 1.39. The first-order valence-electron chi connectivity index (χ1n) is 8.42. The van der Waals surface area contributed by atoms with E-state index in [0.717, 1.165) is 18.7 Å². The van der Waals surface area contributed by atoms with Gasteiger partial charge in [-0.2, -0.15) is 0 Å². The lowest BCUT2D eigenvalue weighted by Crippen LogP contribution is -2.33. The zero-order valence-electron chi connectivity index (χ0n) is 15.0. The number of nitrogens with zero attached hydrogens (tertiary/aromatic N) is 2. The maximum absolute atomic E-state index is 5.96. The third kappa shape index (κ3) is 7.37. The molecule has 23 heavy (non-hydrogen) atoms. The zero-order valence-corrected chi connectivity index (χ0v) is 15.0. The van der Waals surface area contributed by atoms with Crippen LogP contribution in [0.3, 0.4) is 0 Å². The smallest absolute Gasteiger partial charge is 0.188 e. The highest BCUT2D eigenvalue weighted by atomic mass is 16.5. The molecular weight excluding hydrogens is 288 g/mol. The topological polar surface area (TPSA) is 62.9 Å². The van der Waals surface area contributed by atoms with Gasteiger partial charge in [-0.15, -0.1) is 0 Å². The summed E-state index contributed by atoms with van der Waals surface area (Å²) in [6, 6.07) is 8.30. The summed E-state index contributed by atoms with van der Waals surface area (Å²) >= 11 is 0. The molecule has 1 aromatic carbocycles. The molecule has 3 N–H and O–H groups in total. The van der Waals surface area contributed by atoms with Gasteiger partial charge in [-0.3, -0.25) is 4.99 Å². The molecule has 1 rings (SSSR count). The first-order valence-corrected chi connectivity index (χ1v) is 8.42. The van der Waals surface area contributed by atoms with Crippen LogP contribution in [0.1, 0.15) is 44.2 Å². The minimum Gasteiger partial charge on any atom is -0.497 e. The summed E-state index contributed by atoms with van der Waals surface area (Å²) in [5.41, 5.74) is 7.16. The minimum absolute atomic E-state index is 0.196. The molecule has 0 bridgehead atoms. The first-order chi connectivity index (χ1) is 11.1. The SMILES string of the molecule is CCCCCCNC(N)=NCC(c1ccc(OC)cc1)N(C)C. The number of hydrogen-bond donors (Lipinski definition) is 2. The van der Waals surface area contributed by atoms with Crippen LogP contribution in [0.25, 0.3) is 0 Å². The van der Waals surface area contributed by atoms with Crippen molar-refractivity contribution in [3.05, 3.63) is 29.8 Å². The molecule has 1 unspecified atom stereocenters. The maximum atomic E-state index is 5.96.